The van der Waals surface area contributed by atoms with Gasteiger partial charge >= 0.3 is 0 Å². The maximum Gasteiger partial charge on any atom is 0.138 e. The number of ketones is 1. The molecule has 1 saturated heterocycles. The molecule has 2 unspecified atom stereocenters. The minimum absolute atomic E-state index is 0.191. The van der Waals surface area contributed by atoms with Crippen molar-refractivity contribution in [2.24, 2.45) is 5.92 Å². The summed E-state index contributed by atoms with van der Waals surface area (Å²) in [6, 6.07) is 0. The lowest BCUT2D eigenvalue weighted by molar-refractivity contribution is -0.125. The van der Waals surface area contributed by atoms with E-state index in [4.69, 9.17) is 0 Å². The molecule has 4 heteroatoms. The minimum Gasteiger partial charge on any atom is -0.302 e. The van der Waals surface area contributed by atoms with E-state index in [-0.39, 0.29) is 5.92 Å². The smallest absolute Gasteiger partial charge is 0.138 e. The molecule has 0 N–H and O–H groups in total. The molecule has 0 aromatic heterocycles. The van der Waals surface area contributed by atoms with Gasteiger partial charge in [-0.3, -0.25) is 9.00 Å². The summed E-state index contributed by atoms with van der Waals surface area (Å²) in [4.78, 5) is 13.6. The second kappa shape index (κ2) is 5.61. The first-order valence-electron chi connectivity index (χ1n) is 5.14. The van der Waals surface area contributed by atoms with Crippen molar-refractivity contribution in [1.29, 1.82) is 0 Å². The van der Waals surface area contributed by atoms with Gasteiger partial charge in [-0.25, -0.2) is 0 Å². The third-order valence-electron chi connectivity index (χ3n) is 2.66. The molecule has 0 bridgehead atoms. The van der Waals surface area contributed by atoms with Crippen LogP contribution in [-0.2, 0) is 15.6 Å². The monoisotopic (exact) mass is 217 g/mol. The van der Waals surface area contributed by atoms with Gasteiger partial charge < -0.3 is 4.90 Å². The van der Waals surface area contributed by atoms with Gasteiger partial charge in [0.15, 0.2) is 0 Å². The fraction of sp³-hybridized carbons (Fsp3) is 0.900. The summed E-state index contributed by atoms with van der Waals surface area (Å²) in [6.45, 7) is 4.75. The summed E-state index contributed by atoms with van der Waals surface area (Å²) in [6.07, 6.45) is 3.41. The van der Waals surface area contributed by atoms with Crippen LogP contribution in [0.5, 0.6) is 0 Å². The van der Waals surface area contributed by atoms with Gasteiger partial charge in [0.05, 0.1) is 0 Å². The Hall–Kier alpha value is -0.220. The highest BCUT2D eigenvalue weighted by Gasteiger charge is 2.22. The van der Waals surface area contributed by atoms with Crippen LogP contribution in [0.2, 0.25) is 0 Å². The number of nitrogens with zero attached hydrogens (tertiary/aromatic N) is 1. The lowest BCUT2D eigenvalue weighted by Gasteiger charge is -2.29. The molecule has 2 atom stereocenters. The Bertz CT molecular complexity index is 230. The lowest BCUT2D eigenvalue weighted by atomic mass is 9.99. The van der Waals surface area contributed by atoms with Crippen molar-refractivity contribution < 1.29 is 9.00 Å². The van der Waals surface area contributed by atoms with Crippen LogP contribution in [0, 0.1) is 5.92 Å². The van der Waals surface area contributed by atoms with Crippen LogP contribution in [0.1, 0.15) is 19.8 Å². The Balaban J connectivity index is 2.20. The Labute approximate surface area is 88.3 Å². The number of carbonyl (C=O) groups is 1. The Kier molecular flexibility index (Phi) is 4.75. The largest absolute Gasteiger partial charge is 0.302 e. The first-order valence-corrected chi connectivity index (χ1v) is 6.87. The van der Waals surface area contributed by atoms with Crippen LogP contribution in [0.25, 0.3) is 0 Å². The molecular formula is C10H19NO2S. The fourth-order valence-corrected chi connectivity index (χ4v) is 2.33. The second-order valence-electron chi connectivity index (χ2n) is 4.05. The van der Waals surface area contributed by atoms with Crippen LogP contribution >= 0.6 is 0 Å². The van der Waals surface area contributed by atoms with Gasteiger partial charge in [0.1, 0.15) is 5.78 Å². The van der Waals surface area contributed by atoms with Crippen molar-refractivity contribution in [3.8, 4) is 0 Å². The second-order valence-corrected chi connectivity index (χ2v) is 5.60. The highest BCUT2D eigenvalue weighted by Crippen LogP contribution is 2.12. The number of carbonyl (C=O) groups excluding carboxylic acids is 1. The molecule has 1 heterocycles. The van der Waals surface area contributed by atoms with E-state index in [9.17, 15) is 9.00 Å². The number of hydrogen-bond donors (Lipinski definition) is 0. The van der Waals surface area contributed by atoms with Gasteiger partial charge in [-0.05, 0) is 13.0 Å². The van der Waals surface area contributed by atoms with Gasteiger partial charge in [-0.1, -0.05) is 6.92 Å². The maximum absolute atomic E-state index is 11.2. The van der Waals surface area contributed by atoms with E-state index in [0.717, 1.165) is 31.8 Å². The molecule has 0 amide bonds. The zero-order valence-electron chi connectivity index (χ0n) is 8.99. The molecule has 0 aromatic carbocycles. The van der Waals surface area contributed by atoms with Gasteiger partial charge in [0.25, 0.3) is 0 Å². The first-order chi connectivity index (χ1) is 6.59. The fourth-order valence-electron chi connectivity index (χ4n) is 1.79. The topological polar surface area (TPSA) is 37.4 Å². The predicted octanol–water partition coefficient (Wildman–Crippen LogP) is 0.666. The zero-order valence-corrected chi connectivity index (χ0v) is 9.81. The van der Waals surface area contributed by atoms with E-state index in [1.54, 1.807) is 6.26 Å². The van der Waals surface area contributed by atoms with Crippen molar-refractivity contribution in [2.75, 3.05) is 31.6 Å². The van der Waals surface area contributed by atoms with Gasteiger partial charge in [-0.15, -0.1) is 0 Å². The summed E-state index contributed by atoms with van der Waals surface area (Å²) in [5.74, 6) is 1.36. The summed E-state index contributed by atoms with van der Waals surface area (Å²) in [5.41, 5.74) is 0. The van der Waals surface area contributed by atoms with Crippen LogP contribution in [0.4, 0.5) is 0 Å². The van der Waals surface area contributed by atoms with Crippen molar-refractivity contribution in [3.05, 3.63) is 0 Å². The Morgan fingerprint density at radius 2 is 2.29 bits per heavy atom. The molecule has 82 valence electrons. The van der Waals surface area contributed by atoms with Crippen LogP contribution in [0.3, 0.4) is 0 Å². The molecule has 0 spiro atoms. The Morgan fingerprint density at radius 1 is 1.57 bits per heavy atom. The van der Waals surface area contributed by atoms with E-state index in [1.807, 2.05) is 6.92 Å². The summed E-state index contributed by atoms with van der Waals surface area (Å²) >= 11 is 0. The number of hydrogen-bond acceptors (Lipinski definition) is 3. The third kappa shape index (κ3) is 3.88. The number of rotatable bonds is 4. The average Bonchev–Trinajstić information content (AvgIpc) is 2.10. The van der Waals surface area contributed by atoms with Crippen LogP contribution in [0.15, 0.2) is 0 Å². The molecule has 1 rings (SSSR count). The van der Waals surface area contributed by atoms with Gasteiger partial charge in [0, 0.05) is 48.2 Å². The molecular weight excluding hydrogens is 198 g/mol. The number of piperidine rings is 1. The summed E-state index contributed by atoms with van der Waals surface area (Å²) in [7, 11) is -0.679. The van der Waals surface area contributed by atoms with Crippen molar-refractivity contribution in [2.45, 2.75) is 19.8 Å². The predicted molar refractivity (Wildman–Crippen MR) is 58.8 cm³/mol. The first kappa shape index (κ1) is 11.9. The van der Waals surface area contributed by atoms with Gasteiger partial charge in [0.2, 0.25) is 0 Å². The molecule has 1 aliphatic heterocycles. The lowest BCUT2D eigenvalue weighted by Crippen LogP contribution is -2.40. The molecule has 3 nitrogen and oxygen atoms in total. The maximum atomic E-state index is 11.2. The summed E-state index contributed by atoms with van der Waals surface area (Å²) < 4.78 is 10.8. The van der Waals surface area contributed by atoms with E-state index in [0.29, 0.717) is 12.2 Å². The molecule has 1 fully saturated rings. The van der Waals surface area contributed by atoms with Crippen molar-refractivity contribution in [3.63, 3.8) is 0 Å². The zero-order chi connectivity index (χ0) is 10.6. The van der Waals surface area contributed by atoms with Crippen molar-refractivity contribution in [1.82, 2.24) is 4.90 Å². The van der Waals surface area contributed by atoms with E-state index < -0.39 is 10.8 Å². The average molecular weight is 217 g/mol. The normalized spacial score (nSPS) is 26.4. The quantitative estimate of drug-likeness (QED) is 0.694. The molecule has 1 aliphatic rings. The molecule has 0 radical (unpaired) electrons. The summed E-state index contributed by atoms with van der Waals surface area (Å²) in [5, 5.41) is 0. The van der Waals surface area contributed by atoms with E-state index >= 15 is 0 Å². The molecule has 0 aromatic rings. The number of Topliss-reactive ketones (excluding diaryl/α,β-unsaturated/α-hetero) is 1. The van der Waals surface area contributed by atoms with Crippen LogP contribution in [-0.4, -0.2) is 46.5 Å². The SMILES string of the molecule is CC1CN(CCCS(C)=O)CCC1=O. The van der Waals surface area contributed by atoms with E-state index in [2.05, 4.69) is 4.90 Å². The van der Waals surface area contributed by atoms with Crippen molar-refractivity contribution >= 4 is 16.6 Å². The third-order valence-corrected chi connectivity index (χ3v) is 3.53. The number of likely N-dealkylation sites (tertiary alicyclic amines) is 1. The highest BCUT2D eigenvalue weighted by atomic mass is 32.2. The van der Waals surface area contributed by atoms with Crippen LogP contribution < -0.4 is 0 Å². The minimum atomic E-state index is -0.679. The highest BCUT2D eigenvalue weighted by molar-refractivity contribution is 7.84. The van der Waals surface area contributed by atoms with E-state index in [1.165, 1.54) is 0 Å². The molecule has 14 heavy (non-hydrogen) atoms. The molecule has 0 saturated carbocycles. The standard InChI is InChI=1S/C10H19NO2S/c1-9-8-11(6-4-10(9)12)5-3-7-14(2)13/h9H,3-8H2,1-2H3. The Morgan fingerprint density at radius 3 is 2.86 bits per heavy atom. The molecule has 0 aliphatic carbocycles. The van der Waals surface area contributed by atoms with Gasteiger partial charge in [-0.2, -0.15) is 0 Å².